The first-order valence-corrected chi connectivity index (χ1v) is 5.40. The predicted molar refractivity (Wildman–Crippen MR) is 65.4 cm³/mol. The van der Waals surface area contributed by atoms with Crippen LogP contribution in [0.4, 0.5) is 5.69 Å². The summed E-state index contributed by atoms with van der Waals surface area (Å²) in [6, 6.07) is 6.26. The van der Waals surface area contributed by atoms with Gasteiger partial charge in [-0.2, -0.15) is 5.10 Å². The molecule has 16 heavy (non-hydrogen) atoms. The van der Waals surface area contributed by atoms with Crippen molar-refractivity contribution in [2.75, 3.05) is 12.4 Å². The predicted octanol–water partition coefficient (Wildman–Crippen LogP) is 2.57. The van der Waals surface area contributed by atoms with Crippen molar-refractivity contribution < 1.29 is 0 Å². The zero-order valence-electron chi connectivity index (χ0n) is 9.81. The molecule has 4 heteroatoms. The normalized spacial score (nSPS) is 10.8. The maximum atomic E-state index is 4.41. The molecule has 1 N–H and O–H groups in total. The smallest absolute Gasteiger partial charge is 0.111 e. The van der Waals surface area contributed by atoms with E-state index in [2.05, 4.69) is 29.2 Å². The summed E-state index contributed by atoms with van der Waals surface area (Å²) >= 11 is 0. The van der Waals surface area contributed by atoms with Crippen LogP contribution in [-0.2, 0) is 0 Å². The number of aromatic nitrogens is 3. The minimum atomic E-state index is 0.330. The van der Waals surface area contributed by atoms with Crippen LogP contribution in [-0.4, -0.2) is 21.8 Å². The van der Waals surface area contributed by atoms with Crippen LogP contribution < -0.4 is 5.32 Å². The summed E-state index contributed by atoms with van der Waals surface area (Å²) in [6.07, 6.45) is 3.61. The van der Waals surface area contributed by atoms with Crippen LogP contribution >= 0.6 is 0 Å². The maximum Gasteiger partial charge on any atom is 0.111 e. The summed E-state index contributed by atoms with van der Waals surface area (Å²) < 4.78 is 1.98. The minimum absolute atomic E-state index is 0.330. The Balaban J connectivity index is 2.54. The molecule has 0 spiro atoms. The molecule has 0 radical (unpaired) electrons. The molecular weight excluding hydrogens is 200 g/mol. The number of anilines is 1. The number of hydrogen-bond donors (Lipinski definition) is 1. The van der Waals surface area contributed by atoms with Crippen LogP contribution in [0, 0.1) is 0 Å². The van der Waals surface area contributed by atoms with E-state index in [1.54, 1.807) is 6.20 Å². The third-order valence-corrected chi connectivity index (χ3v) is 2.48. The van der Waals surface area contributed by atoms with Gasteiger partial charge in [0.25, 0.3) is 0 Å². The van der Waals surface area contributed by atoms with E-state index in [1.165, 1.54) is 0 Å². The highest BCUT2D eigenvalue weighted by Crippen LogP contribution is 2.26. The number of nitrogens with one attached hydrogen (secondary N) is 1. The van der Waals surface area contributed by atoms with Crippen LogP contribution in [0.1, 0.15) is 19.9 Å². The van der Waals surface area contributed by atoms with E-state index in [9.17, 15) is 0 Å². The van der Waals surface area contributed by atoms with Crippen LogP contribution in [0.5, 0.6) is 0 Å². The molecule has 0 fully saturated rings. The molecular formula is C12H16N4. The Morgan fingerprint density at radius 3 is 2.75 bits per heavy atom. The summed E-state index contributed by atoms with van der Waals surface area (Å²) in [5, 5.41) is 7.46. The van der Waals surface area contributed by atoms with Crippen molar-refractivity contribution >= 4 is 5.69 Å². The van der Waals surface area contributed by atoms with E-state index in [4.69, 9.17) is 0 Å². The summed E-state index contributed by atoms with van der Waals surface area (Å²) in [4.78, 5) is 4.41. The van der Waals surface area contributed by atoms with Gasteiger partial charge in [-0.25, -0.2) is 0 Å². The molecule has 2 aromatic rings. The number of nitrogens with zero attached hydrogens (tertiary/aromatic N) is 3. The van der Waals surface area contributed by atoms with E-state index in [0.29, 0.717) is 6.04 Å². The first kappa shape index (κ1) is 10.7. The SMILES string of the molecule is CNc1cccnc1-c1ccnn1C(C)C. The molecule has 0 bridgehead atoms. The van der Waals surface area contributed by atoms with Gasteiger partial charge in [-0.3, -0.25) is 9.67 Å². The number of pyridine rings is 1. The fourth-order valence-corrected chi connectivity index (χ4v) is 1.72. The van der Waals surface area contributed by atoms with E-state index in [0.717, 1.165) is 17.1 Å². The summed E-state index contributed by atoms with van der Waals surface area (Å²) in [5.41, 5.74) is 3.00. The van der Waals surface area contributed by atoms with Crippen molar-refractivity contribution in [3.8, 4) is 11.4 Å². The monoisotopic (exact) mass is 216 g/mol. The summed E-state index contributed by atoms with van der Waals surface area (Å²) in [5.74, 6) is 0. The van der Waals surface area contributed by atoms with Crippen molar-refractivity contribution in [2.24, 2.45) is 0 Å². The van der Waals surface area contributed by atoms with Gasteiger partial charge in [0, 0.05) is 25.5 Å². The summed E-state index contributed by atoms with van der Waals surface area (Å²) in [6.45, 7) is 4.22. The number of rotatable bonds is 3. The van der Waals surface area contributed by atoms with Gasteiger partial charge in [0.05, 0.1) is 11.4 Å². The van der Waals surface area contributed by atoms with Crippen molar-refractivity contribution in [3.05, 3.63) is 30.6 Å². The van der Waals surface area contributed by atoms with Gasteiger partial charge < -0.3 is 5.32 Å². The molecule has 4 nitrogen and oxygen atoms in total. The van der Waals surface area contributed by atoms with Gasteiger partial charge >= 0.3 is 0 Å². The Labute approximate surface area is 95.3 Å². The highest BCUT2D eigenvalue weighted by atomic mass is 15.3. The molecule has 0 aliphatic carbocycles. The standard InChI is InChI=1S/C12H16N4/c1-9(2)16-11(6-8-15-16)12-10(13-3)5-4-7-14-12/h4-9,13H,1-3H3. The fourth-order valence-electron chi connectivity index (χ4n) is 1.72. The van der Waals surface area contributed by atoms with Crippen LogP contribution in [0.15, 0.2) is 30.6 Å². The maximum absolute atomic E-state index is 4.41. The molecule has 2 aromatic heterocycles. The lowest BCUT2D eigenvalue weighted by atomic mass is 10.2. The quantitative estimate of drug-likeness (QED) is 0.857. The van der Waals surface area contributed by atoms with Crippen LogP contribution in [0.3, 0.4) is 0 Å². The molecule has 0 saturated carbocycles. The first-order valence-electron chi connectivity index (χ1n) is 5.40. The average molecular weight is 216 g/mol. The Bertz CT molecular complexity index is 473. The van der Waals surface area contributed by atoms with Gasteiger partial charge in [0.1, 0.15) is 5.69 Å². The lowest BCUT2D eigenvalue weighted by Gasteiger charge is -2.12. The highest BCUT2D eigenvalue weighted by molar-refractivity contribution is 5.71. The van der Waals surface area contributed by atoms with Crippen molar-refractivity contribution in [1.82, 2.24) is 14.8 Å². The van der Waals surface area contributed by atoms with Crippen molar-refractivity contribution in [2.45, 2.75) is 19.9 Å². The summed E-state index contributed by atoms with van der Waals surface area (Å²) in [7, 11) is 1.90. The van der Waals surface area contributed by atoms with Gasteiger partial charge in [0.15, 0.2) is 0 Å². The van der Waals surface area contributed by atoms with Gasteiger partial charge in [0.2, 0.25) is 0 Å². The van der Waals surface area contributed by atoms with Crippen molar-refractivity contribution in [3.63, 3.8) is 0 Å². The minimum Gasteiger partial charge on any atom is -0.386 e. The molecule has 84 valence electrons. The van der Waals surface area contributed by atoms with Crippen molar-refractivity contribution in [1.29, 1.82) is 0 Å². The average Bonchev–Trinajstić information content (AvgIpc) is 2.77. The largest absolute Gasteiger partial charge is 0.386 e. The molecule has 0 amide bonds. The molecule has 0 saturated heterocycles. The van der Waals surface area contributed by atoms with Crippen LogP contribution in [0.25, 0.3) is 11.4 Å². The third kappa shape index (κ3) is 1.78. The Kier molecular flexibility index (Phi) is 2.90. The molecule has 0 unspecified atom stereocenters. The zero-order valence-corrected chi connectivity index (χ0v) is 9.81. The van der Waals surface area contributed by atoms with E-state index in [-0.39, 0.29) is 0 Å². The second-order valence-electron chi connectivity index (χ2n) is 3.90. The van der Waals surface area contributed by atoms with Crippen LogP contribution in [0.2, 0.25) is 0 Å². The fraction of sp³-hybridized carbons (Fsp3) is 0.333. The Morgan fingerprint density at radius 1 is 1.25 bits per heavy atom. The lowest BCUT2D eigenvalue weighted by Crippen LogP contribution is -2.06. The number of hydrogen-bond acceptors (Lipinski definition) is 3. The first-order chi connectivity index (χ1) is 7.74. The Hall–Kier alpha value is -1.84. The lowest BCUT2D eigenvalue weighted by molar-refractivity contribution is 0.538. The molecule has 2 rings (SSSR count). The second-order valence-corrected chi connectivity index (χ2v) is 3.90. The van der Waals surface area contributed by atoms with Gasteiger partial charge in [-0.15, -0.1) is 0 Å². The molecule has 2 heterocycles. The van der Waals surface area contributed by atoms with Gasteiger partial charge in [-0.05, 0) is 32.0 Å². The molecule has 0 aromatic carbocycles. The van der Waals surface area contributed by atoms with E-state index in [1.807, 2.05) is 36.1 Å². The van der Waals surface area contributed by atoms with E-state index >= 15 is 0 Å². The zero-order chi connectivity index (χ0) is 11.5. The molecule has 0 aliphatic rings. The topological polar surface area (TPSA) is 42.7 Å². The molecule has 0 atom stereocenters. The van der Waals surface area contributed by atoms with Gasteiger partial charge in [-0.1, -0.05) is 0 Å². The Morgan fingerprint density at radius 2 is 2.06 bits per heavy atom. The third-order valence-electron chi connectivity index (χ3n) is 2.48. The second kappa shape index (κ2) is 4.35. The molecule has 0 aliphatic heterocycles. The highest BCUT2D eigenvalue weighted by Gasteiger charge is 2.12. The van der Waals surface area contributed by atoms with E-state index < -0.39 is 0 Å².